The van der Waals surface area contributed by atoms with Gasteiger partial charge in [-0.25, -0.2) is 0 Å². The van der Waals surface area contributed by atoms with E-state index in [1.807, 2.05) is 34.4 Å². The molecule has 2 aromatic heterocycles. The van der Waals surface area contributed by atoms with Gasteiger partial charge in [-0.05, 0) is 41.6 Å². The van der Waals surface area contributed by atoms with E-state index in [-0.39, 0.29) is 5.91 Å². The third-order valence-electron chi connectivity index (χ3n) is 5.00. The zero-order chi connectivity index (χ0) is 16.1. The molecule has 24 heavy (non-hydrogen) atoms. The van der Waals surface area contributed by atoms with Crippen molar-refractivity contribution in [2.75, 3.05) is 19.6 Å². The van der Waals surface area contributed by atoms with Crippen molar-refractivity contribution in [2.45, 2.75) is 19.0 Å². The molecule has 4 heterocycles. The van der Waals surface area contributed by atoms with Crippen LogP contribution in [0.4, 0.5) is 0 Å². The molecule has 0 atom stereocenters. The second-order valence-corrected chi connectivity index (χ2v) is 7.95. The Labute approximate surface area is 147 Å². The van der Waals surface area contributed by atoms with Crippen LogP contribution >= 0.6 is 23.1 Å². The Kier molecular flexibility index (Phi) is 3.39. The molecule has 1 fully saturated rings. The molecule has 0 unspecified atom stereocenters. The van der Waals surface area contributed by atoms with Crippen molar-refractivity contribution in [1.82, 2.24) is 18.5 Å². The molecule has 7 heteroatoms. The average Bonchev–Trinajstić information content (AvgIpc) is 3.21. The number of rotatable bonds is 2. The van der Waals surface area contributed by atoms with Crippen LogP contribution in [-0.2, 0) is 13.0 Å². The highest BCUT2D eigenvalue weighted by molar-refractivity contribution is 7.10. The third kappa shape index (κ3) is 2.35. The van der Waals surface area contributed by atoms with Crippen LogP contribution in [0.5, 0.6) is 0 Å². The zero-order valence-corrected chi connectivity index (χ0v) is 14.6. The monoisotopic (exact) mass is 356 g/mol. The summed E-state index contributed by atoms with van der Waals surface area (Å²) < 4.78 is 8.41. The van der Waals surface area contributed by atoms with Gasteiger partial charge in [0.25, 0.3) is 5.91 Å². The Bertz CT molecular complexity index is 912. The number of aromatic nitrogens is 2. The molecular formula is C17H16N4OS2. The van der Waals surface area contributed by atoms with Crippen LogP contribution in [0.1, 0.15) is 20.8 Å². The van der Waals surface area contributed by atoms with E-state index in [0.717, 1.165) is 43.6 Å². The molecule has 5 nitrogen and oxygen atoms in total. The van der Waals surface area contributed by atoms with Crippen LogP contribution in [0.25, 0.3) is 11.0 Å². The van der Waals surface area contributed by atoms with Gasteiger partial charge >= 0.3 is 0 Å². The molecule has 1 saturated heterocycles. The summed E-state index contributed by atoms with van der Waals surface area (Å²) in [6.45, 7) is 3.79. The number of hydrogen-bond acceptors (Lipinski definition) is 6. The minimum absolute atomic E-state index is 0.106. The van der Waals surface area contributed by atoms with Crippen molar-refractivity contribution in [3.63, 3.8) is 0 Å². The molecule has 2 aliphatic rings. The third-order valence-corrected chi connectivity index (χ3v) is 6.58. The van der Waals surface area contributed by atoms with E-state index < -0.39 is 0 Å². The van der Waals surface area contributed by atoms with Gasteiger partial charge < -0.3 is 4.90 Å². The minimum atomic E-state index is 0.106. The Morgan fingerprint density at radius 1 is 1.17 bits per heavy atom. The topological polar surface area (TPSA) is 49.3 Å². The standard InChI is InChI=1S/C17H16N4OS2/c22-17(11-1-2-14-15(7-11)19-24-18-14)21-9-13(10-21)20-5-3-16-12(8-20)4-6-23-16/h1-2,4,6-7,13H,3,5,8-10H2. The maximum atomic E-state index is 12.6. The molecule has 2 aliphatic heterocycles. The summed E-state index contributed by atoms with van der Waals surface area (Å²) in [6, 6.07) is 8.33. The molecule has 1 amide bonds. The number of benzene rings is 1. The van der Waals surface area contributed by atoms with Crippen molar-refractivity contribution in [3.8, 4) is 0 Å². The second-order valence-electron chi connectivity index (χ2n) is 6.42. The molecular weight excluding hydrogens is 340 g/mol. The molecule has 0 spiro atoms. The summed E-state index contributed by atoms with van der Waals surface area (Å²) in [7, 11) is 0. The summed E-state index contributed by atoms with van der Waals surface area (Å²) >= 11 is 3.05. The second kappa shape index (κ2) is 5.61. The fourth-order valence-corrected chi connectivity index (χ4v) is 4.94. The molecule has 5 rings (SSSR count). The lowest BCUT2D eigenvalue weighted by atomic mass is 10.0. The van der Waals surface area contributed by atoms with E-state index in [9.17, 15) is 4.79 Å². The lowest BCUT2D eigenvalue weighted by molar-refractivity contribution is 0.0221. The Balaban J connectivity index is 1.25. The first kappa shape index (κ1) is 14.5. The van der Waals surface area contributed by atoms with Crippen LogP contribution in [0, 0.1) is 0 Å². The van der Waals surface area contributed by atoms with E-state index >= 15 is 0 Å². The van der Waals surface area contributed by atoms with E-state index in [0.29, 0.717) is 11.6 Å². The molecule has 3 aromatic rings. The highest BCUT2D eigenvalue weighted by atomic mass is 32.1. The maximum absolute atomic E-state index is 12.6. The van der Waals surface area contributed by atoms with Crippen LogP contribution in [-0.4, -0.2) is 50.1 Å². The van der Waals surface area contributed by atoms with Gasteiger partial charge in [-0.1, -0.05) is 0 Å². The van der Waals surface area contributed by atoms with Gasteiger partial charge in [-0.3, -0.25) is 9.69 Å². The summed E-state index contributed by atoms with van der Waals surface area (Å²) in [5.41, 5.74) is 3.85. The Hall–Kier alpha value is -1.83. The predicted octanol–water partition coefficient (Wildman–Crippen LogP) is 2.64. The number of hydrogen-bond donors (Lipinski definition) is 0. The first-order valence-corrected chi connectivity index (χ1v) is 9.70. The summed E-state index contributed by atoms with van der Waals surface area (Å²) in [5.74, 6) is 0.106. The summed E-state index contributed by atoms with van der Waals surface area (Å²) in [6.07, 6.45) is 1.14. The number of fused-ring (bicyclic) bond motifs is 2. The molecule has 0 N–H and O–H groups in total. The number of nitrogens with zero attached hydrogens (tertiary/aromatic N) is 4. The maximum Gasteiger partial charge on any atom is 0.254 e. The Morgan fingerprint density at radius 3 is 2.96 bits per heavy atom. The van der Waals surface area contributed by atoms with Gasteiger partial charge in [-0.2, -0.15) is 8.75 Å². The molecule has 0 radical (unpaired) electrons. The first-order chi connectivity index (χ1) is 11.8. The zero-order valence-electron chi connectivity index (χ0n) is 13.0. The lowest BCUT2D eigenvalue weighted by Crippen LogP contribution is -2.61. The van der Waals surface area contributed by atoms with Crippen LogP contribution in [0.3, 0.4) is 0 Å². The molecule has 0 saturated carbocycles. The molecule has 1 aromatic carbocycles. The van der Waals surface area contributed by atoms with Gasteiger partial charge in [0.1, 0.15) is 11.0 Å². The van der Waals surface area contributed by atoms with Crippen LogP contribution in [0.2, 0.25) is 0 Å². The first-order valence-electron chi connectivity index (χ1n) is 8.09. The largest absolute Gasteiger partial charge is 0.335 e. The number of amides is 1. The highest BCUT2D eigenvalue weighted by Gasteiger charge is 2.36. The summed E-state index contributed by atoms with van der Waals surface area (Å²) in [4.78, 5) is 18.6. The van der Waals surface area contributed by atoms with Gasteiger partial charge in [0.2, 0.25) is 0 Å². The predicted molar refractivity (Wildman–Crippen MR) is 95.5 cm³/mol. The fourth-order valence-electron chi connectivity index (χ4n) is 3.53. The number of thiophene rings is 1. The van der Waals surface area contributed by atoms with E-state index in [1.165, 1.54) is 22.2 Å². The van der Waals surface area contributed by atoms with Crippen molar-refractivity contribution >= 4 is 40.0 Å². The van der Waals surface area contributed by atoms with E-state index in [4.69, 9.17) is 0 Å². The average molecular weight is 356 g/mol. The van der Waals surface area contributed by atoms with E-state index in [2.05, 4.69) is 25.1 Å². The van der Waals surface area contributed by atoms with Crippen molar-refractivity contribution in [1.29, 1.82) is 0 Å². The minimum Gasteiger partial charge on any atom is -0.335 e. The van der Waals surface area contributed by atoms with Crippen molar-refractivity contribution in [3.05, 3.63) is 45.6 Å². The fraction of sp³-hybridized carbons (Fsp3) is 0.353. The quantitative estimate of drug-likeness (QED) is 0.708. The van der Waals surface area contributed by atoms with Gasteiger partial charge in [0.15, 0.2) is 0 Å². The van der Waals surface area contributed by atoms with Crippen LogP contribution in [0.15, 0.2) is 29.6 Å². The number of carbonyl (C=O) groups excluding carboxylic acids is 1. The van der Waals surface area contributed by atoms with Crippen molar-refractivity contribution < 1.29 is 4.79 Å². The normalized spacial score (nSPS) is 18.6. The number of carbonyl (C=O) groups is 1. The smallest absolute Gasteiger partial charge is 0.254 e. The SMILES string of the molecule is O=C(c1ccc2nsnc2c1)N1CC(N2CCc3sccc3C2)C1. The molecule has 0 bridgehead atoms. The molecule has 0 aliphatic carbocycles. The number of likely N-dealkylation sites (tertiary alicyclic amines) is 1. The summed E-state index contributed by atoms with van der Waals surface area (Å²) in [5, 5.41) is 2.19. The lowest BCUT2D eigenvalue weighted by Gasteiger charge is -2.46. The van der Waals surface area contributed by atoms with E-state index in [1.54, 1.807) is 0 Å². The van der Waals surface area contributed by atoms with Gasteiger partial charge in [0.05, 0.1) is 11.7 Å². The molecule has 122 valence electrons. The van der Waals surface area contributed by atoms with Gasteiger partial charge in [-0.15, -0.1) is 11.3 Å². The Morgan fingerprint density at radius 2 is 2.04 bits per heavy atom. The highest BCUT2D eigenvalue weighted by Crippen LogP contribution is 2.28. The van der Waals surface area contributed by atoms with Crippen molar-refractivity contribution in [2.24, 2.45) is 0 Å². The van der Waals surface area contributed by atoms with Crippen LogP contribution < -0.4 is 0 Å². The van der Waals surface area contributed by atoms with Gasteiger partial charge in [0, 0.05) is 42.7 Å².